The highest BCUT2D eigenvalue weighted by Gasteiger charge is 2.10. The Morgan fingerprint density at radius 1 is 1.38 bits per heavy atom. The Kier molecular flexibility index (Phi) is 2.91. The molecule has 2 heteroatoms. The molecule has 0 aliphatic carbocycles. The lowest BCUT2D eigenvalue weighted by atomic mass is 9.89. The normalized spacial score (nSPS) is 11.6. The number of nitrogens with zero attached hydrogens (tertiary/aromatic N) is 1. The third-order valence-electron chi connectivity index (χ3n) is 2.09. The molecule has 72 valence electrons. The van der Waals surface area contributed by atoms with Crippen LogP contribution in [0.3, 0.4) is 0 Å². The van der Waals surface area contributed by atoms with E-state index in [1.54, 1.807) is 6.20 Å². The molecule has 1 aromatic heterocycles. The molecule has 0 bridgehead atoms. The maximum Gasteiger partial charge on any atom is 0.0377 e. The van der Waals surface area contributed by atoms with Gasteiger partial charge in [0.05, 0.1) is 0 Å². The first-order valence-electron chi connectivity index (χ1n) is 4.67. The second kappa shape index (κ2) is 3.77. The molecule has 0 amide bonds. The van der Waals surface area contributed by atoms with Crippen LogP contribution < -0.4 is 5.73 Å². The number of rotatable bonds is 2. The van der Waals surface area contributed by atoms with Gasteiger partial charge in [-0.1, -0.05) is 20.8 Å². The van der Waals surface area contributed by atoms with Crippen molar-refractivity contribution in [1.29, 1.82) is 0 Å². The van der Waals surface area contributed by atoms with Gasteiger partial charge in [0.2, 0.25) is 0 Å². The van der Waals surface area contributed by atoms with Gasteiger partial charge in [-0.3, -0.25) is 4.98 Å². The van der Waals surface area contributed by atoms with E-state index in [1.165, 1.54) is 0 Å². The molecule has 2 N–H and O–H groups in total. The Hall–Kier alpha value is -1.05. The first-order valence-corrected chi connectivity index (χ1v) is 4.67. The van der Waals surface area contributed by atoms with Gasteiger partial charge in [0, 0.05) is 18.1 Å². The summed E-state index contributed by atoms with van der Waals surface area (Å²) in [4.78, 5) is 4.07. The summed E-state index contributed by atoms with van der Waals surface area (Å²) in [6, 6.07) is 1.86. The van der Waals surface area contributed by atoms with E-state index in [0.717, 1.165) is 24.1 Å². The van der Waals surface area contributed by atoms with E-state index >= 15 is 0 Å². The lowest BCUT2D eigenvalue weighted by Crippen LogP contribution is -2.07. The fourth-order valence-corrected chi connectivity index (χ4v) is 1.16. The van der Waals surface area contributed by atoms with Crippen LogP contribution in [0.15, 0.2) is 18.5 Å². The van der Waals surface area contributed by atoms with E-state index in [0.29, 0.717) is 5.41 Å². The molecule has 0 fully saturated rings. The van der Waals surface area contributed by atoms with Crippen LogP contribution in [0.4, 0.5) is 5.69 Å². The standard InChI is InChI=1S/C11H18N2/c1-11(2,3)6-4-9-8-13-7-5-10(9)12/h5,7-8H,4,6H2,1-3H3,(H2,12,13). The smallest absolute Gasteiger partial charge is 0.0377 e. The summed E-state index contributed by atoms with van der Waals surface area (Å²) in [5.74, 6) is 0. The molecular weight excluding hydrogens is 160 g/mol. The molecule has 0 aliphatic rings. The molecule has 0 saturated carbocycles. The number of anilines is 1. The zero-order chi connectivity index (χ0) is 9.90. The van der Waals surface area contributed by atoms with Crippen LogP contribution in [0, 0.1) is 5.41 Å². The van der Waals surface area contributed by atoms with Crippen LogP contribution in [0.25, 0.3) is 0 Å². The number of aromatic nitrogens is 1. The van der Waals surface area contributed by atoms with Crippen molar-refractivity contribution in [3.8, 4) is 0 Å². The van der Waals surface area contributed by atoms with Gasteiger partial charge in [-0.15, -0.1) is 0 Å². The van der Waals surface area contributed by atoms with Crippen LogP contribution >= 0.6 is 0 Å². The Bertz CT molecular complexity index is 274. The van der Waals surface area contributed by atoms with Crippen molar-refractivity contribution < 1.29 is 0 Å². The number of hydrogen-bond acceptors (Lipinski definition) is 2. The molecule has 0 atom stereocenters. The molecule has 1 aromatic rings. The van der Waals surface area contributed by atoms with Crippen molar-refractivity contribution in [3.63, 3.8) is 0 Å². The van der Waals surface area contributed by atoms with Crippen LogP contribution in [-0.2, 0) is 6.42 Å². The van der Waals surface area contributed by atoms with Gasteiger partial charge in [0.15, 0.2) is 0 Å². The van der Waals surface area contributed by atoms with Crippen molar-refractivity contribution in [1.82, 2.24) is 4.98 Å². The van der Waals surface area contributed by atoms with Gasteiger partial charge in [-0.2, -0.15) is 0 Å². The van der Waals surface area contributed by atoms with Gasteiger partial charge < -0.3 is 5.73 Å². The minimum Gasteiger partial charge on any atom is -0.398 e. The van der Waals surface area contributed by atoms with Crippen molar-refractivity contribution in [2.75, 3.05) is 5.73 Å². The largest absolute Gasteiger partial charge is 0.398 e. The summed E-state index contributed by atoms with van der Waals surface area (Å²) >= 11 is 0. The Labute approximate surface area is 80.2 Å². The lowest BCUT2D eigenvalue weighted by Gasteiger charge is -2.18. The number of hydrogen-bond donors (Lipinski definition) is 1. The van der Waals surface area contributed by atoms with Crippen molar-refractivity contribution in [2.45, 2.75) is 33.6 Å². The summed E-state index contributed by atoms with van der Waals surface area (Å²) in [5.41, 5.74) is 8.20. The lowest BCUT2D eigenvalue weighted by molar-refractivity contribution is 0.378. The van der Waals surface area contributed by atoms with Crippen LogP contribution in [0.1, 0.15) is 32.8 Å². The third kappa shape index (κ3) is 3.45. The zero-order valence-electron chi connectivity index (χ0n) is 8.67. The van der Waals surface area contributed by atoms with Gasteiger partial charge in [0.1, 0.15) is 0 Å². The zero-order valence-corrected chi connectivity index (χ0v) is 8.67. The third-order valence-corrected chi connectivity index (χ3v) is 2.09. The maximum absolute atomic E-state index is 5.81. The Balaban J connectivity index is 2.60. The maximum atomic E-state index is 5.81. The summed E-state index contributed by atoms with van der Waals surface area (Å²) in [7, 11) is 0. The minimum atomic E-state index is 0.363. The Morgan fingerprint density at radius 2 is 2.08 bits per heavy atom. The molecule has 0 spiro atoms. The van der Waals surface area contributed by atoms with E-state index in [2.05, 4.69) is 25.8 Å². The highest BCUT2D eigenvalue weighted by atomic mass is 14.7. The van der Waals surface area contributed by atoms with Crippen molar-refractivity contribution >= 4 is 5.69 Å². The summed E-state index contributed by atoms with van der Waals surface area (Å²) in [5, 5.41) is 0. The molecule has 1 heterocycles. The fourth-order valence-electron chi connectivity index (χ4n) is 1.16. The summed E-state index contributed by atoms with van der Waals surface area (Å²) in [6.45, 7) is 6.71. The van der Waals surface area contributed by atoms with Gasteiger partial charge in [-0.25, -0.2) is 0 Å². The van der Waals surface area contributed by atoms with E-state index in [4.69, 9.17) is 5.73 Å². The number of pyridine rings is 1. The van der Waals surface area contributed by atoms with Gasteiger partial charge in [-0.05, 0) is 29.9 Å². The second-order valence-corrected chi connectivity index (χ2v) is 4.64. The number of nitrogens with two attached hydrogens (primary N) is 1. The number of aryl methyl sites for hydroxylation is 1. The van der Waals surface area contributed by atoms with Crippen molar-refractivity contribution in [3.05, 3.63) is 24.0 Å². The molecule has 1 rings (SSSR count). The van der Waals surface area contributed by atoms with E-state index < -0.39 is 0 Å². The minimum absolute atomic E-state index is 0.363. The van der Waals surface area contributed by atoms with E-state index in [9.17, 15) is 0 Å². The molecule has 0 saturated heterocycles. The van der Waals surface area contributed by atoms with Crippen molar-refractivity contribution in [2.24, 2.45) is 5.41 Å². The quantitative estimate of drug-likeness (QED) is 0.756. The molecule has 0 unspecified atom stereocenters. The average Bonchev–Trinajstić information content (AvgIpc) is 2.01. The van der Waals surface area contributed by atoms with E-state index in [-0.39, 0.29) is 0 Å². The highest BCUT2D eigenvalue weighted by molar-refractivity contribution is 5.44. The second-order valence-electron chi connectivity index (χ2n) is 4.64. The van der Waals surface area contributed by atoms with Gasteiger partial charge in [0.25, 0.3) is 0 Å². The average molecular weight is 178 g/mol. The monoisotopic (exact) mass is 178 g/mol. The molecule has 0 radical (unpaired) electrons. The van der Waals surface area contributed by atoms with Crippen LogP contribution in [0.2, 0.25) is 0 Å². The summed E-state index contributed by atoms with van der Waals surface area (Å²) in [6.07, 6.45) is 5.75. The number of nitrogen functional groups attached to an aromatic ring is 1. The Morgan fingerprint density at radius 3 is 2.62 bits per heavy atom. The molecule has 13 heavy (non-hydrogen) atoms. The first kappa shape index (κ1) is 10.0. The molecule has 0 aliphatic heterocycles. The molecule has 0 aromatic carbocycles. The summed E-state index contributed by atoms with van der Waals surface area (Å²) < 4.78 is 0. The van der Waals surface area contributed by atoms with Gasteiger partial charge >= 0.3 is 0 Å². The molecular formula is C11H18N2. The fraction of sp³-hybridized carbons (Fsp3) is 0.545. The molecule has 2 nitrogen and oxygen atoms in total. The predicted octanol–water partition coefficient (Wildman–Crippen LogP) is 2.64. The first-order chi connectivity index (χ1) is 5.99. The van der Waals surface area contributed by atoms with Crippen LogP contribution in [0.5, 0.6) is 0 Å². The van der Waals surface area contributed by atoms with Crippen LogP contribution in [-0.4, -0.2) is 4.98 Å². The van der Waals surface area contributed by atoms with E-state index in [1.807, 2.05) is 12.3 Å². The predicted molar refractivity (Wildman–Crippen MR) is 56.4 cm³/mol. The highest BCUT2D eigenvalue weighted by Crippen LogP contribution is 2.22. The topological polar surface area (TPSA) is 38.9 Å². The SMILES string of the molecule is CC(C)(C)CCc1cnccc1N.